The van der Waals surface area contributed by atoms with Crippen molar-refractivity contribution < 1.29 is 25.2 Å². The Balaban J connectivity index is 3.71. The van der Waals surface area contributed by atoms with Crippen LogP contribution in [0.3, 0.4) is 0 Å². The third kappa shape index (κ3) is 14.4. The van der Waals surface area contributed by atoms with Crippen molar-refractivity contribution in [2.24, 2.45) is 0 Å². The van der Waals surface area contributed by atoms with Gasteiger partial charge in [-0.05, 0) is 19.3 Å². The second-order valence-corrected chi connectivity index (χ2v) is 6.21. The molecule has 4 N–H and O–H groups in total. The lowest BCUT2D eigenvalue weighted by molar-refractivity contribution is -0.137. The van der Waals surface area contributed by atoms with Gasteiger partial charge in [0, 0.05) is 6.42 Å². The van der Waals surface area contributed by atoms with E-state index in [0.29, 0.717) is 12.8 Å². The number of aliphatic hydroxyl groups excluding tert-OH is 3. The highest BCUT2D eigenvalue weighted by molar-refractivity contribution is 5.66. The summed E-state index contributed by atoms with van der Waals surface area (Å²) in [5, 5.41) is 37.7. The van der Waals surface area contributed by atoms with Gasteiger partial charge < -0.3 is 20.4 Å². The summed E-state index contributed by atoms with van der Waals surface area (Å²) in [5.74, 6) is -0.910. The molecule has 0 aromatic carbocycles. The molecule has 0 radical (unpaired) electrons. The van der Waals surface area contributed by atoms with Crippen molar-refractivity contribution >= 4 is 5.97 Å². The summed E-state index contributed by atoms with van der Waals surface area (Å²) in [5.41, 5.74) is 0. The van der Waals surface area contributed by atoms with Crippen LogP contribution in [0.4, 0.5) is 0 Å². The largest absolute Gasteiger partial charge is 0.481 e. The highest BCUT2D eigenvalue weighted by Gasteiger charge is 2.14. The van der Waals surface area contributed by atoms with Crippen LogP contribution in [0, 0.1) is 0 Å². The minimum atomic E-state index is -1.06. The van der Waals surface area contributed by atoms with Crippen molar-refractivity contribution in [2.45, 2.75) is 95.9 Å². The van der Waals surface area contributed by atoms with E-state index in [2.05, 4.69) is 6.92 Å². The number of unbranched alkanes of at least 4 members (excludes halogenated alkanes) is 6. The molecule has 5 heteroatoms. The first kappa shape index (κ1) is 22.1. The first-order chi connectivity index (χ1) is 11.0. The van der Waals surface area contributed by atoms with E-state index in [1.807, 2.05) is 0 Å². The van der Waals surface area contributed by atoms with Gasteiger partial charge in [0.15, 0.2) is 0 Å². The Bertz CT molecular complexity index is 317. The molecule has 23 heavy (non-hydrogen) atoms. The topological polar surface area (TPSA) is 98.0 Å². The number of aliphatic carboxylic acids is 1. The average Bonchev–Trinajstić information content (AvgIpc) is 2.51. The van der Waals surface area contributed by atoms with Gasteiger partial charge in [0.05, 0.1) is 18.3 Å². The van der Waals surface area contributed by atoms with Gasteiger partial charge in [0.25, 0.3) is 0 Å². The third-order valence-corrected chi connectivity index (χ3v) is 3.92. The molecule has 0 heterocycles. The Morgan fingerprint density at radius 1 is 0.870 bits per heavy atom. The third-order valence-electron chi connectivity index (χ3n) is 3.92. The molecular weight excluding hydrogens is 296 g/mol. The Hall–Kier alpha value is -0.910. The highest BCUT2D eigenvalue weighted by Crippen LogP contribution is 2.11. The van der Waals surface area contributed by atoms with Crippen LogP contribution >= 0.6 is 0 Å². The molecule has 5 nitrogen and oxygen atoms in total. The lowest BCUT2D eigenvalue weighted by Crippen LogP contribution is -2.24. The van der Waals surface area contributed by atoms with E-state index >= 15 is 0 Å². The summed E-state index contributed by atoms with van der Waals surface area (Å²) in [6.45, 7) is 2.19. The molecule has 0 aliphatic rings. The second-order valence-electron chi connectivity index (χ2n) is 6.21. The van der Waals surface area contributed by atoms with E-state index in [0.717, 1.165) is 12.8 Å². The summed E-state index contributed by atoms with van der Waals surface area (Å²) >= 11 is 0. The standard InChI is InChI=1S/C18H34O5/c1-2-3-4-5-6-7-8-10-15(19)13-14-17(21)16(20)11-9-12-18(22)23/h13-17,19-21H,2-12H2,1H3,(H,22,23)/b14-13+. The molecule has 3 atom stereocenters. The first-order valence-electron chi connectivity index (χ1n) is 8.91. The summed E-state index contributed by atoms with van der Waals surface area (Å²) in [6.07, 6.45) is 9.77. The van der Waals surface area contributed by atoms with Gasteiger partial charge in [-0.1, -0.05) is 64.0 Å². The van der Waals surface area contributed by atoms with Gasteiger partial charge in [0.2, 0.25) is 0 Å². The maximum absolute atomic E-state index is 10.4. The fourth-order valence-electron chi connectivity index (χ4n) is 2.41. The number of carboxylic acid groups (broad SMARTS) is 1. The van der Waals surface area contributed by atoms with E-state index in [4.69, 9.17) is 5.11 Å². The molecule has 0 saturated carbocycles. The maximum atomic E-state index is 10.4. The molecule has 136 valence electrons. The number of rotatable bonds is 15. The zero-order valence-corrected chi connectivity index (χ0v) is 14.4. The minimum Gasteiger partial charge on any atom is -0.481 e. The van der Waals surface area contributed by atoms with Crippen LogP contribution in [0.2, 0.25) is 0 Å². The predicted molar refractivity (Wildman–Crippen MR) is 91.3 cm³/mol. The van der Waals surface area contributed by atoms with Gasteiger partial charge in [0.1, 0.15) is 0 Å². The van der Waals surface area contributed by atoms with Crippen LogP contribution in [-0.2, 0) is 4.79 Å². The summed E-state index contributed by atoms with van der Waals surface area (Å²) in [4.78, 5) is 10.4. The molecule has 0 aromatic heterocycles. The van der Waals surface area contributed by atoms with Gasteiger partial charge >= 0.3 is 5.97 Å². The van der Waals surface area contributed by atoms with Crippen LogP contribution in [-0.4, -0.2) is 44.7 Å². The number of hydrogen-bond donors (Lipinski definition) is 4. The normalized spacial score (nSPS) is 15.7. The summed E-state index contributed by atoms with van der Waals surface area (Å²) in [7, 11) is 0. The lowest BCUT2D eigenvalue weighted by atomic mass is 10.0. The van der Waals surface area contributed by atoms with E-state index in [1.165, 1.54) is 44.3 Å². The fourth-order valence-corrected chi connectivity index (χ4v) is 2.41. The van der Waals surface area contributed by atoms with Crippen LogP contribution in [0.5, 0.6) is 0 Å². The van der Waals surface area contributed by atoms with Crippen LogP contribution in [0.1, 0.15) is 77.6 Å². The summed E-state index contributed by atoms with van der Waals surface area (Å²) in [6, 6.07) is 0. The van der Waals surface area contributed by atoms with Crippen molar-refractivity contribution in [3.8, 4) is 0 Å². The molecule has 0 aliphatic carbocycles. The molecule has 0 saturated heterocycles. The molecular formula is C18H34O5. The molecule has 3 unspecified atom stereocenters. The van der Waals surface area contributed by atoms with Crippen molar-refractivity contribution in [1.82, 2.24) is 0 Å². The van der Waals surface area contributed by atoms with Crippen LogP contribution in [0.25, 0.3) is 0 Å². The second kappa shape index (κ2) is 14.7. The molecule has 0 bridgehead atoms. The van der Waals surface area contributed by atoms with Crippen LogP contribution in [0.15, 0.2) is 12.2 Å². The Morgan fingerprint density at radius 3 is 2.09 bits per heavy atom. The van der Waals surface area contributed by atoms with Gasteiger partial charge in [-0.3, -0.25) is 4.79 Å². The molecule has 0 fully saturated rings. The van der Waals surface area contributed by atoms with E-state index < -0.39 is 24.3 Å². The monoisotopic (exact) mass is 330 g/mol. The van der Waals surface area contributed by atoms with Crippen LogP contribution < -0.4 is 0 Å². The smallest absolute Gasteiger partial charge is 0.303 e. The Labute approximate surface area is 140 Å². The van der Waals surface area contributed by atoms with E-state index in [9.17, 15) is 20.1 Å². The quantitative estimate of drug-likeness (QED) is 0.273. The molecule has 0 aromatic rings. The van der Waals surface area contributed by atoms with Crippen molar-refractivity contribution in [3.05, 3.63) is 12.2 Å². The Morgan fingerprint density at radius 2 is 1.48 bits per heavy atom. The predicted octanol–water partition coefficient (Wildman–Crippen LogP) is 3.02. The molecule has 0 aliphatic heterocycles. The average molecular weight is 330 g/mol. The number of carbonyl (C=O) groups is 1. The Kier molecular flexibility index (Phi) is 14.1. The molecule has 0 amide bonds. The van der Waals surface area contributed by atoms with Gasteiger partial charge in [-0.25, -0.2) is 0 Å². The van der Waals surface area contributed by atoms with Crippen molar-refractivity contribution in [3.63, 3.8) is 0 Å². The van der Waals surface area contributed by atoms with Gasteiger partial charge in [-0.2, -0.15) is 0 Å². The van der Waals surface area contributed by atoms with E-state index in [1.54, 1.807) is 0 Å². The zero-order chi connectivity index (χ0) is 17.5. The van der Waals surface area contributed by atoms with Crippen molar-refractivity contribution in [2.75, 3.05) is 0 Å². The number of carboxylic acids is 1. The van der Waals surface area contributed by atoms with Gasteiger partial charge in [-0.15, -0.1) is 0 Å². The first-order valence-corrected chi connectivity index (χ1v) is 8.91. The maximum Gasteiger partial charge on any atom is 0.303 e. The fraction of sp³-hybridized carbons (Fsp3) is 0.833. The SMILES string of the molecule is CCCCCCCCCC(O)/C=C/C(O)C(O)CCCC(=O)O. The number of hydrogen-bond acceptors (Lipinski definition) is 4. The minimum absolute atomic E-state index is 0.0195. The highest BCUT2D eigenvalue weighted by atomic mass is 16.4. The lowest BCUT2D eigenvalue weighted by Gasteiger charge is -2.14. The molecule has 0 rings (SSSR count). The van der Waals surface area contributed by atoms with Crippen molar-refractivity contribution in [1.29, 1.82) is 0 Å². The zero-order valence-electron chi connectivity index (χ0n) is 14.4. The summed E-state index contributed by atoms with van der Waals surface area (Å²) < 4.78 is 0. The number of aliphatic hydroxyl groups is 3. The van der Waals surface area contributed by atoms with E-state index in [-0.39, 0.29) is 12.8 Å². The molecule has 0 spiro atoms.